The number of ketones is 1. The van der Waals surface area contributed by atoms with Crippen LogP contribution < -0.4 is 5.32 Å². The lowest BCUT2D eigenvalue weighted by atomic mass is 10.00. The fraction of sp³-hybridized carbons (Fsp3) is 0.154. The maximum Gasteiger partial charge on any atom is 0.269 e. The van der Waals surface area contributed by atoms with Crippen LogP contribution in [0.4, 0.5) is 11.4 Å². The van der Waals surface area contributed by atoms with Crippen LogP contribution in [0.2, 0.25) is 0 Å². The van der Waals surface area contributed by atoms with Crippen LogP contribution in [0.15, 0.2) is 36.4 Å². The fourth-order valence-corrected chi connectivity index (χ4v) is 1.36. The summed E-state index contributed by atoms with van der Waals surface area (Å²) in [5, 5.41) is 21.7. The summed E-state index contributed by atoms with van der Waals surface area (Å²) < 4.78 is 0. The Morgan fingerprint density at radius 2 is 1.95 bits per heavy atom. The van der Waals surface area contributed by atoms with Crippen LogP contribution >= 0.6 is 0 Å². The average Bonchev–Trinajstić information content (AvgIpc) is 2.39. The third kappa shape index (κ3) is 3.49. The molecular formula is C13H11N3O4. The minimum absolute atomic E-state index is 0.107. The first-order chi connectivity index (χ1) is 9.36. The van der Waals surface area contributed by atoms with E-state index in [1.165, 1.54) is 31.2 Å². The van der Waals surface area contributed by atoms with Gasteiger partial charge in [0.15, 0.2) is 11.7 Å². The minimum Gasteiger partial charge on any atom is -0.325 e. The molecule has 0 bridgehead atoms. The Bertz CT molecular complexity index is 613. The largest absolute Gasteiger partial charge is 0.325 e. The number of anilines is 1. The Kier molecular flexibility index (Phi) is 4.70. The molecule has 7 heteroatoms. The molecular weight excluding hydrogens is 262 g/mol. The normalized spacial score (nSPS) is 11.0. The standard InChI is InChI=1S/C13H11N3O4/c1-8(2)12(17)11(7-14)13(18)15-9-3-5-10(6-4-9)16(19)20/h3-6,11H,1H2,2H3,(H,15,18). The molecule has 1 aromatic rings. The number of hydrogen-bond acceptors (Lipinski definition) is 5. The number of amides is 1. The van der Waals surface area contributed by atoms with E-state index in [2.05, 4.69) is 11.9 Å². The molecule has 7 nitrogen and oxygen atoms in total. The molecule has 0 fully saturated rings. The molecule has 1 atom stereocenters. The number of hydrogen-bond donors (Lipinski definition) is 1. The second-order valence-corrected chi connectivity index (χ2v) is 4.00. The van der Waals surface area contributed by atoms with Gasteiger partial charge in [-0.3, -0.25) is 19.7 Å². The maximum atomic E-state index is 11.8. The number of allylic oxidation sites excluding steroid dienone is 1. The molecule has 1 rings (SSSR count). The Balaban J connectivity index is 2.84. The number of nitrogens with one attached hydrogen (secondary N) is 1. The Hall–Kier alpha value is -3.01. The van der Waals surface area contributed by atoms with Crippen molar-refractivity contribution in [2.75, 3.05) is 5.32 Å². The van der Waals surface area contributed by atoms with Crippen LogP contribution in [0.1, 0.15) is 6.92 Å². The molecule has 0 heterocycles. The van der Waals surface area contributed by atoms with Crippen molar-refractivity contribution in [2.45, 2.75) is 6.92 Å². The number of carbonyl (C=O) groups is 2. The number of non-ortho nitro benzene ring substituents is 1. The number of benzene rings is 1. The van der Waals surface area contributed by atoms with Gasteiger partial charge in [0, 0.05) is 17.8 Å². The summed E-state index contributed by atoms with van der Waals surface area (Å²) in [6.45, 7) is 4.80. The molecule has 0 aliphatic carbocycles. The van der Waals surface area contributed by atoms with Gasteiger partial charge >= 0.3 is 0 Å². The summed E-state index contributed by atoms with van der Waals surface area (Å²) in [6, 6.07) is 6.64. The van der Waals surface area contributed by atoms with Gasteiger partial charge in [0.05, 0.1) is 11.0 Å². The molecule has 0 spiro atoms. The van der Waals surface area contributed by atoms with E-state index >= 15 is 0 Å². The molecule has 102 valence electrons. The quantitative estimate of drug-likeness (QED) is 0.380. The van der Waals surface area contributed by atoms with Gasteiger partial charge in [-0.05, 0) is 24.6 Å². The van der Waals surface area contributed by atoms with E-state index in [1.807, 2.05) is 0 Å². The van der Waals surface area contributed by atoms with Gasteiger partial charge < -0.3 is 5.32 Å². The maximum absolute atomic E-state index is 11.8. The van der Waals surface area contributed by atoms with Gasteiger partial charge in [-0.25, -0.2) is 0 Å². The number of nitro groups is 1. The summed E-state index contributed by atoms with van der Waals surface area (Å²) >= 11 is 0. The number of Topliss-reactive ketones (excluding diaryl/α,β-unsaturated/α-hetero) is 1. The van der Waals surface area contributed by atoms with E-state index in [9.17, 15) is 19.7 Å². The fourth-order valence-electron chi connectivity index (χ4n) is 1.36. The molecule has 1 aromatic carbocycles. The zero-order valence-corrected chi connectivity index (χ0v) is 10.6. The van der Waals surface area contributed by atoms with Crippen molar-refractivity contribution in [2.24, 2.45) is 5.92 Å². The van der Waals surface area contributed by atoms with Gasteiger partial charge in [0.2, 0.25) is 5.91 Å². The predicted molar refractivity (Wildman–Crippen MR) is 70.7 cm³/mol. The van der Waals surface area contributed by atoms with E-state index in [4.69, 9.17) is 5.26 Å². The monoisotopic (exact) mass is 273 g/mol. The van der Waals surface area contributed by atoms with Crippen LogP contribution in [0, 0.1) is 27.4 Å². The first-order valence-corrected chi connectivity index (χ1v) is 5.51. The van der Waals surface area contributed by atoms with Gasteiger partial charge in [-0.15, -0.1) is 0 Å². The average molecular weight is 273 g/mol. The highest BCUT2D eigenvalue weighted by atomic mass is 16.6. The van der Waals surface area contributed by atoms with Crippen LogP contribution in [0.5, 0.6) is 0 Å². The summed E-state index contributed by atoms with van der Waals surface area (Å²) in [5.41, 5.74) is 0.239. The summed E-state index contributed by atoms with van der Waals surface area (Å²) in [6.07, 6.45) is 0. The third-order valence-electron chi connectivity index (χ3n) is 2.42. The van der Waals surface area contributed by atoms with Gasteiger partial charge in [0.25, 0.3) is 5.69 Å². The molecule has 1 unspecified atom stereocenters. The van der Waals surface area contributed by atoms with E-state index in [-0.39, 0.29) is 16.9 Å². The molecule has 0 radical (unpaired) electrons. The molecule has 1 N–H and O–H groups in total. The highest BCUT2D eigenvalue weighted by molar-refractivity contribution is 6.14. The zero-order chi connectivity index (χ0) is 15.3. The Morgan fingerprint density at radius 3 is 2.35 bits per heavy atom. The summed E-state index contributed by atoms with van der Waals surface area (Å²) in [7, 11) is 0. The van der Waals surface area contributed by atoms with Crippen molar-refractivity contribution in [3.05, 3.63) is 46.5 Å². The lowest BCUT2D eigenvalue weighted by molar-refractivity contribution is -0.384. The molecule has 1 amide bonds. The second-order valence-electron chi connectivity index (χ2n) is 4.00. The van der Waals surface area contributed by atoms with Crippen LogP contribution in [0.25, 0.3) is 0 Å². The highest BCUT2D eigenvalue weighted by Gasteiger charge is 2.26. The van der Waals surface area contributed by atoms with Crippen molar-refractivity contribution in [1.82, 2.24) is 0 Å². The van der Waals surface area contributed by atoms with Gasteiger partial charge in [-0.2, -0.15) is 5.26 Å². The lowest BCUT2D eigenvalue weighted by Gasteiger charge is -2.09. The van der Waals surface area contributed by atoms with Crippen LogP contribution in [0.3, 0.4) is 0 Å². The van der Waals surface area contributed by atoms with Gasteiger partial charge in [-0.1, -0.05) is 6.58 Å². The smallest absolute Gasteiger partial charge is 0.269 e. The summed E-state index contributed by atoms with van der Waals surface area (Å²) in [5.74, 6) is -2.94. The number of nitro benzene ring substituents is 1. The van der Waals surface area contributed by atoms with Gasteiger partial charge in [0.1, 0.15) is 0 Å². The molecule has 0 saturated carbocycles. The van der Waals surface area contributed by atoms with Crippen molar-refractivity contribution in [1.29, 1.82) is 5.26 Å². The van der Waals surface area contributed by atoms with E-state index in [0.717, 1.165) is 0 Å². The summed E-state index contributed by atoms with van der Waals surface area (Å²) in [4.78, 5) is 33.3. The van der Waals surface area contributed by atoms with Crippen LogP contribution in [-0.4, -0.2) is 16.6 Å². The van der Waals surface area contributed by atoms with E-state index in [0.29, 0.717) is 0 Å². The number of nitrogens with zero attached hydrogens (tertiary/aromatic N) is 2. The number of rotatable bonds is 5. The van der Waals surface area contributed by atoms with E-state index < -0.39 is 22.5 Å². The van der Waals surface area contributed by atoms with Crippen LogP contribution in [-0.2, 0) is 9.59 Å². The second kappa shape index (κ2) is 6.24. The van der Waals surface area contributed by atoms with Crippen molar-refractivity contribution in [3.8, 4) is 6.07 Å². The molecule has 20 heavy (non-hydrogen) atoms. The SMILES string of the molecule is C=C(C)C(=O)C(C#N)C(=O)Nc1ccc([N+](=O)[O-])cc1. The first-order valence-electron chi connectivity index (χ1n) is 5.51. The third-order valence-corrected chi connectivity index (χ3v) is 2.42. The van der Waals surface area contributed by atoms with Crippen molar-refractivity contribution < 1.29 is 14.5 Å². The molecule has 0 aliphatic rings. The Labute approximate surface area is 114 Å². The van der Waals surface area contributed by atoms with Crippen molar-refractivity contribution >= 4 is 23.1 Å². The molecule has 0 aromatic heterocycles. The zero-order valence-electron chi connectivity index (χ0n) is 10.6. The predicted octanol–water partition coefficient (Wildman–Crippen LogP) is 1.82. The minimum atomic E-state index is -1.48. The first kappa shape index (κ1) is 15.0. The Morgan fingerprint density at radius 1 is 1.40 bits per heavy atom. The lowest BCUT2D eigenvalue weighted by Crippen LogP contribution is -2.28. The number of nitriles is 1. The van der Waals surface area contributed by atoms with E-state index in [1.54, 1.807) is 6.07 Å². The number of carbonyl (C=O) groups excluding carboxylic acids is 2. The molecule has 0 saturated heterocycles. The highest BCUT2D eigenvalue weighted by Crippen LogP contribution is 2.16. The van der Waals surface area contributed by atoms with Crippen molar-refractivity contribution in [3.63, 3.8) is 0 Å². The molecule has 0 aliphatic heterocycles. The topological polar surface area (TPSA) is 113 Å².